The predicted molar refractivity (Wildman–Crippen MR) is 116 cm³/mol. The molecule has 0 saturated heterocycles. The number of fused-ring (bicyclic) bond motifs is 1. The van der Waals surface area contributed by atoms with E-state index in [-0.39, 0.29) is 19.2 Å². The van der Waals surface area contributed by atoms with Gasteiger partial charge in [-0.3, -0.25) is 4.99 Å². The number of aliphatic hydroxyl groups is 1. The SMILES string of the molecule is CCNC(=NCC(O)COCc1ccccc1)NC(C)c1cc2ccccc2o1. The van der Waals surface area contributed by atoms with Crippen LogP contribution in [0.5, 0.6) is 0 Å². The van der Waals surface area contributed by atoms with Gasteiger partial charge in [-0.25, -0.2) is 0 Å². The normalized spacial score (nSPS) is 14.0. The number of hydrogen-bond donors (Lipinski definition) is 3. The van der Waals surface area contributed by atoms with E-state index < -0.39 is 6.10 Å². The Hall–Kier alpha value is -2.83. The monoisotopic (exact) mass is 395 g/mol. The summed E-state index contributed by atoms with van der Waals surface area (Å²) in [6.07, 6.45) is -0.671. The average Bonchev–Trinajstić information content (AvgIpc) is 3.17. The van der Waals surface area contributed by atoms with E-state index in [1.807, 2.05) is 74.5 Å². The first-order valence-electron chi connectivity index (χ1n) is 9.98. The molecule has 0 fully saturated rings. The van der Waals surface area contributed by atoms with Crippen LogP contribution in [0.25, 0.3) is 11.0 Å². The molecule has 2 aromatic carbocycles. The highest BCUT2D eigenvalue weighted by Gasteiger charge is 2.13. The summed E-state index contributed by atoms with van der Waals surface area (Å²) in [6.45, 7) is 5.70. The molecule has 2 atom stereocenters. The summed E-state index contributed by atoms with van der Waals surface area (Å²) in [4.78, 5) is 4.48. The molecule has 0 saturated carbocycles. The van der Waals surface area contributed by atoms with Crippen LogP contribution in [0, 0.1) is 0 Å². The van der Waals surface area contributed by atoms with Gasteiger partial charge in [-0.1, -0.05) is 48.5 Å². The number of ether oxygens (including phenoxy) is 1. The molecule has 3 rings (SSSR count). The van der Waals surface area contributed by atoms with Gasteiger partial charge < -0.3 is 24.9 Å². The molecule has 0 aliphatic rings. The summed E-state index contributed by atoms with van der Waals surface area (Å²) < 4.78 is 11.5. The molecule has 0 radical (unpaired) electrons. The van der Waals surface area contributed by atoms with E-state index >= 15 is 0 Å². The number of furan rings is 1. The Kier molecular flexibility index (Phi) is 7.67. The molecule has 0 aliphatic carbocycles. The Morgan fingerprint density at radius 1 is 1.14 bits per heavy atom. The number of para-hydroxylation sites is 1. The molecule has 2 unspecified atom stereocenters. The number of guanidine groups is 1. The number of hydrogen-bond acceptors (Lipinski definition) is 4. The first kappa shape index (κ1) is 20.9. The molecule has 0 amide bonds. The van der Waals surface area contributed by atoms with E-state index in [0.29, 0.717) is 12.6 Å². The lowest BCUT2D eigenvalue weighted by molar-refractivity contribution is 0.0331. The first-order valence-corrected chi connectivity index (χ1v) is 9.98. The zero-order valence-electron chi connectivity index (χ0n) is 17.0. The van der Waals surface area contributed by atoms with E-state index in [4.69, 9.17) is 9.15 Å². The fourth-order valence-electron chi connectivity index (χ4n) is 2.95. The van der Waals surface area contributed by atoms with E-state index in [0.717, 1.165) is 28.8 Å². The van der Waals surface area contributed by atoms with Gasteiger partial charge in [0.2, 0.25) is 0 Å². The van der Waals surface area contributed by atoms with Crippen molar-refractivity contribution in [2.75, 3.05) is 19.7 Å². The van der Waals surface area contributed by atoms with Crippen molar-refractivity contribution in [2.45, 2.75) is 32.6 Å². The largest absolute Gasteiger partial charge is 0.459 e. The van der Waals surface area contributed by atoms with Gasteiger partial charge in [-0.15, -0.1) is 0 Å². The van der Waals surface area contributed by atoms with Crippen molar-refractivity contribution in [1.82, 2.24) is 10.6 Å². The Morgan fingerprint density at radius 3 is 2.66 bits per heavy atom. The zero-order chi connectivity index (χ0) is 20.5. The molecule has 3 N–H and O–H groups in total. The van der Waals surface area contributed by atoms with Crippen molar-refractivity contribution in [3.63, 3.8) is 0 Å². The number of nitrogens with one attached hydrogen (secondary N) is 2. The minimum absolute atomic E-state index is 0.0633. The molecule has 0 bridgehead atoms. The molecule has 1 aromatic heterocycles. The number of benzene rings is 2. The third kappa shape index (κ3) is 6.34. The average molecular weight is 396 g/mol. The highest BCUT2D eigenvalue weighted by molar-refractivity contribution is 5.81. The zero-order valence-corrected chi connectivity index (χ0v) is 17.0. The number of rotatable bonds is 9. The van der Waals surface area contributed by atoms with Crippen molar-refractivity contribution >= 4 is 16.9 Å². The van der Waals surface area contributed by atoms with Gasteiger partial charge in [0.1, 0.15) is 11.3 Å². The van der Waals surface area contributed by atoms with Crippen LogP contribution in [0.4, 0.5) is 0 Å². The highest BCUT2D eigenvalue weighted by atomic mass is 16.5. The molecular weight excluding hydrogens is 366 g/mol. The maximum Gasteiger partial charge on any atom is 0.191 e. The third-order valence-electron chi connectivity index (χ3n) is 4.45. The van der Waals surface area contributed by atoms with Crippen LogP contribution >= 0.6 is 0 Å². The maximum absolute atomic E-state index is 10.2. The van der Waals surface area contributed by atoms with E-state index in [2.05, 4.69) is 15.6 Å². The minimum Gasteiger partial charge on any atom is -0.459 e. The lowest BCUT2D eigenvalue weighted by Gasteiger charge is -2.17. The van der Waals surface area contributed by atoms with Crippen molar-refractivity contribution in [3.8, 4) is 0 Å². The van der Waals surface area contributed by atoms with Crippen LogP contribution in [0.3, 0.4) is 0 Å². The van der Waals surface area contributed by atoms with Gasteiger partial charge >= 0.3 is 0 Å². The van der Waals surface area contributed by atoms with Crippen LogP contribution < -0.4 is 10.6 Å². The van der Waals surface area contributed by atoms with Crippen molar-refractivity contribution in [3.05, 3.63) is 72.0 Å². The number of aliphatic hydroxyl groups excluding tert-OH is 1. The number of aliphatic imine (C=N–C) groups is 1. The van der Waals surface area contributed by atoms with Crippen LogP contribution in [0.1, 0.15) is 31.2 Å². The smallest absolute Gasteiger partial charge is 0.191 e. The Morgan fingerprint density at radius 2 is 1.90 bits per heavy atom. The van der Waals surface area contributed by atoms with E-state index in [1.54, 1.807) is 0 Å². The van der Waals surface area contributed by atoms with Crippen LogP contribution in [-0.2, 0) is 11.3 Å². The number of nitrogens with zero attached hydrogens (tertiary/aromatic N) is 1. The Balaban J connectivity index is 1.51. The summed E-state index contributed by atoms with van der Waals surface area (Å²) in [5.41, 5.74) is 1.95. The standard InChI is InChI=1S/C23H29N3O3/c1-3-24-23(25-14-20(27)16-28-15-18-9-5-4-6-10-18)26-17(2)22-13-19-11-7-8-12-21(19)29-22/h4-13,17,20,27H,3,14-16H2,1-2H3,(H2,24,25,26). The molecule has 6 heteroatoms. The molecule has 0 aliphatic heterocycles. The second-order valence-electron chi connectivity index (χ2n) is 6.93. The Bertz CT molecular complexity index is 875. The molecule has 1 heterocycles. The third-order valence-corrected chi connectivity index (χ3v) is 4.45. The van der Waals surface area contributed by atoms with Gasteiger partial charge in [0.25, 0.3) is 0 Å². The van der Waals surface area contributed by atoms with Crippen LogP contribution in [0.2, 0.25) is 0 Å². The summed E-state index contributed by atoms with van der Waals surface area (Å²) in [7, 11) is 0. The van der Waals surface area contributed by atoms with Crippen molar-refractivity contribution in [2.24, 2.45) is 4.99 Å². The molecule has 6 nitrogen and oxygen atoms in total. The van der Waals surface area contributed by atoms with Gasteiger partial charge in [0.15, 0.2) is 5.96 Å². The lowest BCUT2D eigenvalue weighted by atomic mass is 10.2. The second-order valence-corrected chi connectivity index (χ2v) is 6.93. The molecule has 154 valence electrons. The minimum atomic E-state index is -0.671. The second kappa shape index (κ2) is 10.6. The first-order chi connectivity index (χ1) is 14.2. The fraction of sp³-hybridized carbons (Fsp3) is 0.348. The van der Waals surface area contributed by atoms with E-state index in [9.17, 15) is 5.11 Å². The topological polar surface area (TPSA) is 79.0 Å². The predicted octanol–water partition coefficient (Wildman–Crippen LogP) is 3.63. The maximum atomic E-state index is 10.2. The van der Waals surface area contributed by atoms with Crippen molar-refractivity contribution < 1.29 is 14.3 Å². The van der Waals surface area contributed by atoms with E-state index in [1.165, 1.54) is 0 Å². The Labute approximate surface area is 171 Å². The van der Waals surface area contributed by atoms with Crippen LogP contribution in [0.15, 0.2) is 70.1 Å². The summed E-state index contributed by atoms with van der Waals surface area (Å²) in [5.74, 6) is 1.46. The van der Waals surface area contributed by atoms with Crippen molar-refractivity contribution in [1.29, 1.82) is 0 Å². The summed E-state index contributed by atoms with van der Waals surface area (Å²) in [5, 5.41) is 17.8. The van der Waals surface area contributed by atoms with Gasteiger partial charge in [-0.2, -0.15) is 0 Å². The van der Waals surface area contributed by atoms with Gasteiger partial charge in [-0.05, 0) is 31.5 Å². The van der Waals surface area contributed by atoms with Gasteiger partial charge in [0, 0.05) is 11.9 Å². The lowest BCUT2D eigenvalue weighted by Crippen LogP contribution is -2.39. The highest BCUT2D eigenvalue weighted by Crippen LogP contribution is 2.23. The quantitative estimate of drug-likeness (QED) is 0.381. The molecular formula is C23H29N3O3. The molecule has 0 spiro atoms. The molecule has 3 aromatic rings. The molecule has 29 heavy (non-hydrogen) atoms. The summed E-state index contributed by atoms with van der Waals surface area (Å²) >= 11 is 0. The van der Waals surface area contributed by atoms with Gasteiger partial charge in [0.05, 0.1) is 31.9 Å². The summed E-state index contributed by atoms with van der Waals surface area (Å²) in [6, 6.07) is 19.8. The van der Waals surface area contributed by atoms with Crippen LogP contribution in [-0.4, -0.2) is 36.9 Å². The fourth-order valence-corrected chi connectivity index (χ4v) is 2.95.